The Kier molecular flexibility index (Phi) is 5.73. The molecule has 1 aliphatic heterocycles. The van der Waals surface area contributed by atoms with E-state index in [0.29, 0.717) is 0 Å². The van der Waals surface area contributed by atoms with Crippen molar-refractivity contribution in [1.29, 1.82) is 0 Å². The molecule has 2 atom stereocenters. The van der Waals surface area contributed by atoms with Gasteiger partial charge < -0.3 is 10.1 Å². The van der Waals surface area contributed by atoms with E-state index < -0.39 is 0 Å². The molecule has 1 saturated heterocycles. The van der Waals surface area contributed by atoms with E-state index in [0.717, 1.165) is 44.8 Å². The second kappa shape index (κ2) is 7.34. The fraction of sp³-hybridized carbons (Fsp3) is 0.647. The topological polar surface area (TPSA) is 24.5 Å². The van der Waals surface area contributed by atoms with E-state index in [1.54, 1.807) is 12.1 Å². The lowest BCUT2D eigenvalue weighted by atomic mass is 9.82. The first-order valence-electron chi connectivity index (χ1n) is 7.93. The maximum absolute atomic E-state index is 13.2. The summed E-state index contributed by atoms with van der Waals surface area (Å²) in [7, 11) is 0. The Morgan fingerprint density at radius 2 is 1.86 bits per heavy atom. The van der Waals surface area contributed by atoms with Crippen molar-refractivity contribution in [1.82, 2.24) is 10.2 Å². The summed E-state index contributed by atoms with van der Waals surface area (Å²) in [5.74, 6) is -0.182. The molecule has 2 rings (SSSR count). The molecule has 2 unspecified atom stereocenters. The van der Waals surface area contributed by atoms with Crippen LogP contribution in [-0.2, 0) is 4.74 Å². The summed E-state index contributed by atoms with van der Waals surface area (Å²) in [4.78, 5) is 2.51. The average molecular weight is 294 g/mol. The molecule has 1 heterocycles. The maximum Gasteiger partial charge on any atom is 0.123 e. The van der Waals surface area contributed by atoms with Crippen LogP contribution in [0.3, 0.4) is 0 Å². The predicted molar refractivity (Wildman–Crippen MR) is 83.9 cm³/mol. The van der Waals surface area contributed by atoms with Crippen LogP contribution in [0.5, 0.6) is 0 Å². The molecular weight excluding hydrogens is 267 g/mol. The molecule has 1 fully saturated rings. The van der Waals surface area contributed by atoms with Crippen LogP contribution in [-0.4, -0.2) is 43.3 Å². The minimum Gasteiger partial charge on any atom is -0.379 e. The number of benzene rings is 1. The van der Waals surface area contributed by atoms with Gasteiger partial charge in [-0.2, -0.15) is 0 Å². The minimum atomic E-state index is -0.182. The lowest BCUT2D eigenvalue weighted by Gasteiger charge is -2.48. The van der Waals surface area contributed by atoms with Gasteiger partial charge in [0.25, 0.3) is 0 Å². The molecule has 0 aliphatic carbocycles. The Morgan fingerprint density at radius 1 is 1.24 bits per heavy atom. The number of ether oxygens (including phenoxy) is 1. The smallest absolute Gasteiger partial charge is 0.123 e. The zero-order valence-electron chi connectivity index (χ0n) is 13.4. The van der Waals surface area contributed by atoms with Gasteiger partial charge in [-0.05, 0) is 37.6 Å². The Hall–Kier alpha value is -0.970. The van der Waals surface area contributed by atoms with Gasteiger partial charge in [-0.25, -0.2) is 4.39 Å². The molecule has 0 amide bonds. The molecule has 118 valence electrons. The maximum atomic E-state index is 13.2. The summed E-state index contributed by atoms with van der Waals surface area (Å²) in [6.07, 6.45) is 1.03. The Morgan fingerprint density at radius 3 is 2.38 bits per heavy atom. The van der Waals surface area contributed by atoms with Crippen molar-refractivity contribution in [2.24, 2.45) is 0 Å². The molecule has 1 aromatic rings. The Bertz CT molecular complexity index is 431. The molecule has 0 bridgehead atoms. The van der Waals surface area contributed by atoms with E-state index >= 15 is 0 Å². The lowest BCUT2D eigenvalue weighted by molar-refractivity contribution is -0.0327. The lowest BCUT2D eigenvalue weighted by Crippen LogP contribution is -2.57. The van der Waals surface area contributed by atoms with Crippen molar-refractivity contribution in [3.8, 4) is 0 Å². The van der Waals surface area contributed by atoms with Gasteiger partial charge in [0.15, 0.2) is 0 Å². The van der Waals surface area contributed by atoms with Gasteiger partial charge in [0.05, 0.1) is 19.3 Å². The molecule has 4 heteroatoms. The van der Waals surface area contributed by atoms with Gasteiger partial charge in [-0.1, -0.05) is 26.0 Å². The van der Waals surface area contributed by atoms with Crippen molar-refractivity contribution in [3.05, 3.63) is 35.6 Å². The summed E-state index contributed by atoms with van der Waals surface area (Å²) < 4.78 is 18.7. The van der Waals surface area contributed by atoms with Gasteiger partial charge >= 0.3 is 0 Å². The molecular formula is C17H27FN2O. The molecule has 1 aliphatic rings. The third kappa shape index (κ3) is 3.62. The number of likely N-dealkylation sites (N-methyl/N-ethyl adjacent to an activating group) is 1. The highest BCUT2D eigenvalue weighted by molar-refractivity contribution is 5.24. The summed E-state index contributed by atoms with van der Waals surface area (Å²) in [6, 6.07) is 7.09. The molecule has 0 saturated carbocycles. The van der Waals surface area contributed by atoms with Crippen LogP contribution in [0.1, 0.15) is 38.8 Å². The van der Waals surface area contributed by atoms with Crippen LogP contribution in [0.4, 0.5) is 4.39 Å². The van der Waals surface area contributed by atoms with Gasteiger partial charge in [-0.15, -0.1) is 0 Å². The minimum absolute atomic E-state index is 0.00236. The second-order valence-corrected chi connectivity index (χ2v) is 5.85. The fourth-order valence-corrected chi connectivity index (χ4v) is 3.24. The zero-order valence-corrected chi connectivity index (χ0v) is 13.4. The third-order valence-corrected chi connectivity index (χ3v) is 4.68. The van der Waals surface area contributed by atoms with E-state index in [1.165, 1.54) is 0 Å². The van der Waals surface area contributed by atoms with Gasteiger partial charge in [0.1, 0.15) is 5.82 Å². The van der Waals surface area contributed by atoms with Crippen LogP contribution in [0.2, 0.25) is 0 Å². The number of hydrogen-bond acceptors (Lipinski definition) is 3. The molecule has 0 aromatic heterocycles. The fourth-order valence-electron chi connectivity index (χ4n) is 3.24. The first-order chi connectivity index (χ1) is 10.1. The molecule has 1 aromatic carbocycles. The number of morpholine rings is 1. The molecule has 3 nitrogen and oxygen atoms in total. The van der Waals surface area contributed by atoms with Gasteiger partial charge in [-0.3, -0.25) is 4.90 Å². The highest BCUT2D eigenvalue weighted by atomic mass is 19.1. The highest BCUT2D eigenvalue weighted by Crippen LogP contribution is 2.34. The van der Waals surface area contributed by atoms with Crippen molar-refractivity contribution < 1.29 is 9.13 Å². The number of hydrogen-bond donors (Lipinski definition) is 1. The van der Waals surface area contributed by atoms with Crippen LogP contribution in [0.15, 0.2) is 24.3 Å². The SMILES string of the molecule is CCNC(c1ccc(F)cc1)C(C)(CC)N1CCOCC1. The van der Waals surface area contributed by atoms with E-state index in [4.69, 9.17) is 4.74 Å². The molecule has 0 spiro atoms. The van der Waals surface area contributed by atoms with Gasteiger partial charge in [0.2, 0.25) is 0 Å². The van der Waals surface area contributed by atoms with E-state index in [1.807, 2.05) is 12.1 Å². The van der Waals surface area contributed by atoms with Crippen LogP contribution in [0.25, 0.3) is 0 Å². The van der Waals surface area contributed by atoms with E-state index in [-0.39, 0.29) is 17.4 Å². The van der Waals surface area contributed by atoms with Crippen molar-refractivity contribution in [2.75, 3.05) is 32.8 Å². The standard InChI is InChI=1S/C17H27FN2O/c1-4-17(3,20-10-12-21-13-11-20)16(19-5-2)14-6-8-15(18)9-7-14/h6-9,16,19H,4-5,10-13H2,1-3H3. The first kappa shape index (κ1) is 16.4. The number of halogens is 1. The van der Waals surface area contributed by atoms with Crippen LogP contribution >= 0.6 is 0 Å². The average Bonchev–Trinajstić information content (AvgIpc) is 2.54. The molecule has 21 heavy (non-hydrogen) atoms. The predicted octanol–water partition coefficient (Wildman–Crippen LogP) is 2.98. The van der Waals surface area contributed by atoms with Crippen molar-refractivity contribution >= 4 is 0 Å². The van der Waals surface area contributed by atoms with Crippen LogP contribution in [0, 0.1) is 5.82 Å². The van der Waals surface area contributed by atoms with E-state index in [2.05, 4.69) is 31.0 Å². The largest absolute Gasteiger partial charge is 0.379 e. The summed E-state index contributed by atoms with van der Waals surface area (Å²) in [5.41, 5.74) is 1.14. The number of nitrogens with one attached hydrogen (secondary N) is 1. The quantitative estimate of drug-likeness (QED) is 0.873. The van der Waals surface area contributed by atoms with Crippen molar-refractivity contribution in [3.63, 3.8) is 0 Å². The zero-order chi connectivity index (χ0) is 15.3. The monoisotopic (exact) mass is 294 g/mol. The van der Waals surface area contributed by atoms with Crippen LogP contribution < -0.4 is 5.32 Å². The summed E-state index contributed by atoms with van der Waals surface area (Å²) in [6.45, 7) is 11.0. The summed E-state index contributed by atoms with van der Waals surface area (Å²) >= 11 is 0. The molecule has 1 N–H and O–H groups in total. The van der Waals surface area contributed by atoms with Crippen molar-refractivity contribution in [2.45, 2.75) is 38.8 Å². The van der Waals surface area contributed by atoms with Gasteiger partial charge in [0, 0.05) is 18.6 Å². The number of rotatable bonds is 6. The third-order valence-electron chi connectivity index (χ3n) is 4.68. The first-order valence-corrected chi connectivity index (χ1v) is 7.93. The second-order valence-electron chi connectivity index (χ2n) is 5.85. The molecule has 0 radical (unpaired) electrons. The van der Waals surface area contributed by atoms with E-state index in [9.17, 15) is 4.39 Å². The normalized spacial score (nSPS) is 21.0. The summed E-state index contributed by atoms with van der Waals surface area (Å²) in [5, 5.41) is 3.60. The highest BCUT2D eigenvalue weighted by Gasteiger charge is 2.39. The number of nitrogens with zero attached hydrogens (tertiary/aromatic N) is 1. The Balaban J connectivity index is 2.30. The Labute approximate surface area is 127 Å².